The average Bonchev–Trinajstić information content (AvgIpc) is 2.71. The number of aliphatic hydroxyl groups is 5. The first kappa shape index (κ1) is 16.1. The van der Waals surface area contributed by atoms with E-state index in [1.807, 2.05) is 0 Å². The maximum absolute atomic E-state index is 12.7. The third-order valence-electron chi connectivity index (χ3n) is 5.02. The van der Waals surface area contributed by atoms with Gasteiger partial charge in [-0.15, -0.1) is 0 Å². The van der Waals surface area contributed by atoms with Gasteiger partial charge in [0.1, 0.15) is 0 Å². The number of hydrogen-bond acceptors (Lipinski definition) is 9. The van der Waals surface area contributed by atoms with Gasteiger partial charge in [-0.25, -0.2) is 0 Å². The van der Waals surface area contributed by atoms with E-state index in [4.69, 9.17) is 5.73 Å². The third-order valence-corrected chi connectivity index (χ3v) is 5.02. The third kappa shape index (κ3) is 1.41. The summed E-state index contributed by atoms with van der Waals surface area (Å²) >= 11 is 0. The van der Waals surface area contributed by atoms with E-state index < -0.39 is 40.7 Å². The Morgan fingerprint density at radius 2 is 1.68 bits per heavy atom. The molecular formula is C14H13N3O8. The van der Waals surface area contributed by atoms with Gasteiger partial charge in [-0.05, 0) is 11.6 Å². The molecular weight excluding hydrogens is 338 g/mol. The highest BCUT2D eigenvalue weighted by Gasteiger charge is 2.79. The number of benzene rings is 1. The van der Waals surface area contributed by atoms with Crippen LogP contribution >= 0.6 is 0 Å². The molecule has 3 aliphatic rings. The molecule has 2 heterocycles. The van der Waals surface area contributed by atoms with Crippen molar-refractivity contribution in [2.75, 3.05) is 0 Å². The smallest absolute Gasteiger partial charge is 0.286 e. The molecule has 0 radical (unpaired) electrons. The minimum Gasteiger partial charge on any atom is -0.366 e. The number of carbonyl (C=O) groups is 3. The molecule has 11 nitrogen and oxygen atoms in total. The van der Waals surface area contributed by atoms with E-state index in [0.717, 1.165) is 0 Å². The molecule has 132 valence electrons. The van der Waals surface area contributed by atoms with E-state index in [1.165, 1.54) is 17.4 Å². The number of hydrogen-bond donors (Lipinski definition) is 7. The Bertz CT molecular complexity index is 881. The van der Waals surface area contributed by atoms with Crippen molar-refractivity contribution >= 4 is 17.7 Å². The summed E-state index contributed by atoms with van der Waals surface area (Å²) in [4.78, 5) is 36.7. The zero-order valence-corrected chi connectivity index (χ0v) is 12.4. The molecule has 3 unspecified atom stereocenters. The summed E-state index contributed by atoms with van der Waals surface area (Å²) in [6.07, 6.45) is -0.218. The molecule has 3 amide bonds. The SMILES string of the molecule is NC1(O)C(=O)NC(=O)C(O)(N2C(=O)c3cccc4c3C2(O)C4)C1(O)O. The number of amides is 3. The molecule has 1 fully saturated rings. The molecule has 3 atom stereocenters. The van der Waals surface area contributed by atoms with Crippen molar-refractivity contribution in [1.82, 2.24) is 10.2 Å². The second-order valence-electron chi connectivity index (χ2n) is 6.37. The number of imide groups is 1. The van der Waals surface area contributed by atoms with Crippen LogP contribution < -0.4 is 11.1 Å². The fraction of sp³-hybridized carbons (Fsp3) is 0.357. The van der Waals surface area contributed by atoms with Gasteiger partial charge in [-0.1, -0.05) is 12.1 Å². The van der Waals surface area contributed by atoms with Crippen molar-refractivity contribution in [2.45, 2.75) is 29.4 Å². The van der Waals surface area contributed by atoms with Crippen LogP contribution in [0, 0.1) is 0 Å². The topological polar surface area (TPSA) is 194 Å². The Morgan fingerprint density at radius 3 is 2.28 bits per heavy atom. The van der Waals surface area contributed by atoms with Crippen molar-refractivity contribution in [3.05, 3.63) is 34.9 Å². The van der Waals surface area contributed by atoms with Crippen LogP contribution in [-0.4, -0.2) is 65.4 Å². The molecule has 0 spiro atoms. The first-order chi connectivity index (χ1) is 11.4. The fourth-order valence-electron chi connectivity index (χ4n) is 3.67. The first-order valence-electron chi connectivity index (χ1n) is 7.14. The molecule has 11 heteroatoms. The van der Waals surface area contributed by atoms with Crippen LogP contribution in [0.2, 0.25) is 0 Å². The van der Waals surface area contributed by atoms with Gasteiger partial charge >= 0.3 is 0 Å². The Balaban J connectivity index is 1.94. The van der Waals surface area contributed by atoms with Crippen molar-refractivity contribution in [2.24, 2.45) is 5.73 Å². The maximum Gasteiger partial charge on any atom is 0.286 e. The predicted molar refractivity (Wildman–Crippen MR) is 74.6 cm³/mol. The predicted octanol–water partition coefficient (Wildman–Crippen LogP) is -4.48. The van der Waals surface area contributed by atoms with Crippen LogP contribution in [0.5, 0.6) is 0 Å². The highest BCUT2D eigenvalue weighted by atomic mass is 16.6. The van der Waals surface area contributed by atoms with Crippen molar-refractivity contribution in [3.8, 4) is 0 Å². The van der Waals surface area contributed by atoms with Gasteiger partial charge in [0.2, 0.25) is 0 Å². The Morgan fingerprint density at radius 1 is 1.04 bits per heavy atom. The van der Waals surface area contributed by atoms with Crippen LogP contribution in [0.3, 0.4) is 0 Å². The van der Waals surface area contributed by atoms with E-state index in [1.54, 1.807) is 6.07 Å². The van der Waals surface area contributed by atoms with Crippen LogP contribution in [0.25, 0.3) is 0 Å². The maximum atomic E-state index is 12.7. The van der Waals surface area contributed by atoms with E-state index >= 15 is 0 Å². The normalized spacial score (nSPS) is 38.3. The lowest BCUT2D eigenvalue weighted by Crippen LogP contribution is -2.89. The Hall–Kier alpha value is -2.41. The van der Waals surface area contributed by atoms with Crippen molar-refractivity contribution in [1.29, 1.82) is 0 Å². The summed E-state index contributed by atoms with van der Waals surface area (Å²) in [7, 11) is 0. The number of rotatable bonds is 1. The lowest BCUT2D eigenvalue weighted by molar-refractivity contribution is -0.380. The monoisotopic (exact) mass is 351 g/mol. The lowest BCUT2D eigenvalue weighted by Gasteiger charge is -2.55. The first-order valence-corrected chi connectivity index (χ1v) is 7.14. The standard InChI is InChI=1S/C14H13N3O8/c15-12(22)9(19)16-10(20)13(23,14(12,24)25)17-8(18)6-3-1-2-5-4-11(17,21)7(5)6/h1-3,21-25H,4,15H2,(H,16,19,20). The molecule has 4 rings (SSSR count). The van der Waals surface area contributed by atoms with E-state index in [-0.39, 0.29) is 22.4 Å². The van der Waals surface area contributed by atoms with E-state index in [9.17, 15) is 39.9 Å². The summed E-state index contributed by atoms with van der Waals surface area (Å²) in [5.74, 6) is -8.55. The molecule has 1 aromatic rings. The molecule has 8 N–H and O–H groups in total. The average molecular weight is 351 g/mol. The van der Waals surface area contributed by atoms with Crippen LogP contribution in [-0.2, 0) is 21.7 Å². The quantitative estimate of drug-likeness (QED) is 0.193. The molecule has 25 heavy (non-hydrogen) atoms. The largest absolute Gasteiger partial charge is 0.366 e. The molecule has 0 bridgehead atoms. The highest BCUT2D eigenvalue weighted by Crippen LogP contribution is 2.54. The van der Waals surface area contributed by atoms with Crippen LogP contribution in [0.4, 0.5) is 0 Å². The number of nitrogens with zero attached hydrogens (tertiary/aromatic N) is 1. The van der Waals surface area contributed by atoms with E-state index in [2.05, 4.69) is 0 Å². The summed E-state index contributed by atoms with van der Waals surface area (Å²) in [5.41, 5.74) is -3.68. The van der Waals surface area contributed by atoms with Gasteiger partial charge in [-0.3, -0.25) is 30.3 Å². The molecule has 2 aliphatic heterocycles. The fourth-order valence-corrected chi connectivity index (χ4v) is 3.67. The van der Waals surface area contributed by atoms with Gasteiger partial charge in [-0.2, -0.15) is 0 Å². The number of nitrogens with two attached hydrogens (primary N) is 1. The Kier molecular flexibility index (Phi) is 2.60. The molecule has 0 saturated carbocycles. The van der Waals surface area contributed by atoms with Crippen LogP contribution in [0.1, 0.15) is 21.5 Å². The molecule has 0 aromatic heterocycles. The van der Waals surface area contributed by atoms with Crippen molar-refractivity contribution < 1.29 is 39.9 Å². The minimum atomic E-state index is -4.01. The molecule has 1 aliphatic carbocycles. The molecule has 1 saturated heterocycles. The number of carbonyl (C=O) groups excluding carboxylic acids is 3. The van der Waals surface area contributed by atoms with Gasteiger partial charge in [0.15, 0.2) is 5.72 Å². The second kappa shape index (κ2) is 4.04. The summed E-state index contributed by atoms with van der Waals surface area (Å²) in [5, 5.41) is 53.4. The second-order valence-corrected chi connectivity index (χ2v) is 6.37. The van der Waals surface area contributed by atoms with Gasteiger partial charge in [0.25, 0.3) is 35.0 Å². The summed E-state index contributed by atoms with van der Waals surface area (Å²) in [6.45, 7) is 0. The van der Waals surface area contributed by atoms with Crippen molar-refractivity contribution in [3.63, 3.8) is 0 Å². The lowest BCUT2D eigenvalue weighted by atomic mass is 9.77. The number of piperidine rings is 1. The van der Waals surface area contributed by atoms with Crippen LogP contribution in [0.15, 0.2) is 18.2 Å². The zero-order valence-electron chi connectivity index (χ0n) is 12.4. The molecule has 1 aromatic carbocycles. The minimum absolute atomic E-state index is 0.0688. The zero-order chi connectivity index (χ0) is 18.6. The Labute approximate surface area is 138 Å². The highest BCUT2D eigenvalue weighted by molar-refractivity contribution is 6.11. The number of nitrogens with one attached hydrogen (secondary N) is 1. The van der Waals surface area contributed by atoms with Gasteiger partial charge in [0, 0.05) is 17.5 Å². The van der Waals surface area contributed by atoms with E-state index in [0.29, 0.717) is 5.56 Å². The summed E-state index contributed by atoms with van der Waals surface area (Å²) in [6, 6.07) is 4.42. The van der Waals surface area contributed by atoms with Gasteiger partial charge in [0.05, 0.1) is 0 Å². The summed E-state index contributed by atoms with van der Waals surface area (Å²) < 4.78 is 0. The van der Waals surface area contributed by atoms with Gasteiger partial charge < -0.3 is 25.5 Å².